The van der Waals surface area contributed by atoms with Crippen LogP contribution in [0, 0.1) is 5.92 Å². The summed E-state index contributed by atoms with van der Waals surface area (Å²) in [7, 11) is 5.87. The fourth-order valence-electron chi connectivity index (χ4n) is 4.89. The van der Waals surface area contributed by atoms with E-state index in [1.54, 1.807) is 7.11 Å². The van der Waals surface area contributed by atoms with Crippen LogP contribution in [0.25, 0.3) is 0 Å². The fourth-order valence-corrected chi connectivity index (χ4v) is 4.89. The van der Waals surface area contributed by atoms with Crippen LogP contribution in [0.5, 0.6) is 5.75 Å². The predicted octanol–water partition coefficient (Wildman–Crippen LogP) is 3.04. The molecule has 0 spiro atoms. The molecule has 1 fully saturated rings. The minimum absolute atomic E-state index is 0.296. The summed E-state index contributed by atoms with van der Waals surface area (Å²) in [6.45, 7) is 4.82. The summed E-state index contributed by atoms with van der Waals surface area (Å²) in [6.07, 6.45) is 3.06. The molecule has 0 aliphatic carbocycles. The third-order valence-corrected chi connectivity index (χ3v) is 6.76. The van der Waals surface area contributed by atoms with Crippen molar-refractivity contribution >= 4 is 11.6 Å². The molecule has 1 atom stereocenters. The zero-order valence-electron chi connectivity index (χ0n) is 20.2. The van der Waals surface area contributed by atoms with Gasteiger partial charge in [-0.3, -0.25) is 9.89 Å². The molecule has 2 aromatic rings. The maximum Gasteiger partial charge on any atom is 0.197 e. The number of hydrogen-bond donors (Lipinski definition) is 3. The maximum absolute atomic E-state index is 7.20. The summed E-state index contributed by atoms with van der Waals surface area (Å²) in [5, 5.41) is 7.04. The van der Waals surface area contributed by atoms with Gasteiger partial charge in [0.25, 0.3) is 0 Å². The zero-order valence-corrected chi connectivity index (χ0v) is 20.2. The smallest absolute Gasteiger partial charge is 0.197 e. The lowest BCUT2D eigenvalue weighted by Gasteiger charge is -2.46. The number of ether oxygens (including phenoxy) is 1. The predicted molar refractivity (Wildman–Crippen MR) is 136 cm³/mol. The van der Waals surface area contributed by atoms with Gasteiger partial charge in [-0.15, -0.1) is 0 Å². The normalized spacial score (nSPS) is 22.6. The van der Waals surface area contributed by atoms with Gasteiger partial charge in [0, 0.05) is 30.3 Å². The Morgan fingerprint density at radius 1 is 1.15 bits per heavy atom. The van der Waals surface area contributed by atoms with Crippen LogP contribution in [0.3, 0.4) is 0 Å². The average Bonchev–Trinajstić information content (AvgIpc) is 2.83. The van der Waals surface area contributed by atoms with Gasteiger partial charge in [0.1, 0.15) is 11.4 Å². The summed E-state index contributed by atoms with van der Waals surface area (Å²) < 4.78 is 5.52. The zero-order chi connectivity index (χ0) is 23.3. The number of likely N-dealkylation sites (tertiary alicyclic amines) is 1. The Kier molecular flexibility index (Phi) is 7.53. The van der Waals surface area contributed by atoms with E-state index in [0.29, 0.717) is 5.92 Å². The lowest BCUT2D eigenvalue weighted by molar-refractivity contribution is 0.114. The van der Waals surface area contributed by atoms with Crippen LogP contribution in [0.4, 0.5) is 5.69 Å². The molecule has 2 aromatic carbocycles. The van der Waals surface area contributed by atoms with E-state index in [2.05, 4.69) is 77.0 Å². The van der Waals surface area contributed by atoms with E-state index >= 15 is 0 Å². The van der Waals surface area contributed by atoms with Crippen LogP contribution in [0.1, 0.15) is 30.4 Å². The first kappa shape index (κ1) is 23.5. The largest absolute Gasteiger partial charge is 0.497 e. The number of nitrogens with zero attached hydrogens (tertiary/aromatic N) is 3. The van der Waals surface area contributed by atoms with Gasteiger partial charge < -0.3 is 26.0 Å². The van der Waals surface area contributed by atoms with Crippen LogP contribution in [0.2, 0.25) is 0 Å². The molecule has 2 heterocycles. The summed E-state index contributed by atoms with van der Waals surface area (Å²) >= 11 is 0. The lowest BCUT2D eigenvalue weighted by atomic mass is 9.78. The van der Waals surface area contributed by atoms with Crippen molar-refractivity contribution in [3.05, 3.63) is 59.7 Å². The minimum Gasteiger partial charge on any atom is -0.497 e. The van der Waals surface area contributed by atoms with Crippen LogP contribution in [0.15, 0.2) is 53.5 Å². The number of piperidine rings is 1. The first-order chi connectivity index (χ1) is 16.0. The van der Waals surface area contributed by atoms with Crippen molar-refractivity contribution in [2.75, 3.05) is 52.7 Å². The van der Waals surface area contributed by atoms with Gasteiger partial charge in [0.15, 0.2) is 5.96 Å². The van der Waals surface area contributed by atoms with Crippen molar-refractivity contribution in [3.8, 4) is 5.75 Å². The summed E-state index contributed by atoms with van der Waals surface area (Å²) in [5.41, 5.74) is 9.93. The van der Waals surface area contributed by atoms with Crippen LogP contribution < -0.4 is 21.1 Å². The van der Waals surface area contributed by atoms with E-state index in [-0.39, 0.29) is 0 Å². The molecular weight excluding hydrogens is 412 g/mol. The SMILES string of the molecule is COc1ccc2c(c1)C(N)(C1CCN(Cc3ccccc3)CC1)NC(=NCCCN(C)C)N2. The summed E-state index contributed by atoms with van der Waals surface area (Å²) in [5.74, 6) is 1.88. The number of fused-ring (bicyclic) bond motifs is 1. The van der Waals surface area contributed by atoms with Gasteiger partial charge in [-0.1, -0.05) is 30.3 Å². The number of benzene rings is 2. The second-order valence-electron chi connectivity index (χ2n) is 9.45. The number of guanidine groups is 1. The van der Waals surface area contributed by atoms with E-state index in [4.69, 9.17) is 15.5 Å². The number of nitrogens with two attached hydrogens (primary N) is 1. The number of aliphatic imine (C=N–C) groups is 1. The second-order valence-corrected chi connectivity index (χ2v) is 9.45. The van der Waals surface area contributed by atoms with E-state index in [1.165, 1.54) is 5.56 Å². The maximum atomic E-state index is 7.20. The number of anilines is 1. The highest BCUT2D eigenvalue weighted by molar-refractivity contribution is 5.97. The third kappa shape index (κ3) is 5.66. The van der Waals surface area contributed by atoms with Gasteiger partial charge in [-0.2, -0.15) is 0 Å². The monoisotopic (exact) mass is 450 g/mol. The third-order valence-electron chi connectivity index (χ3n) is 6.76. The Bertz CT molecular complexity index is 939. The molecule has 4 N–H and O–H groups in total. The fraction of sp³-hybridized carbons (Fsp3) is 0.500. The molecule has 1 saturated heterocycles. The van der Waals surface area contributed by atoms with Gasteiger partial charge in [0.2, 0.25) is 0 Å². The van der Waals surface area contributed by atoms with Crippen molar-refractivity contribution in [2.45, 2.75) is 31.5 Å². The van der Waals surface area contributed by atoms with E-state index in [9.17, 15) is 0 Å². The molecule has 0 bridgehead atoms. The summed E-state index contributed by atoms with van der Waals surface area (Å²) in [6, 6.07) is 16.8. The van der Waals surface area contributed by atoms with Crippen molar-refractivity contribution in [2.24, 2.45) is 16.6 Å². The molecule has 33 heavy (non-hydrogen) atoms. The highest BCUT2D eigenvalue weighted by atomic mass is 16.5. The molecule has 0 radical (unpaired) electrons. The molecule has 0 aromatic heterocycles. The van der Waals surface area contributed by atoms with Crippen LogP contribution in [-0.4, -0.2) is 63.1 Å². The number of nitrogens with one attached hydrogen (secondary N) is 2. The Balaban J connectivity index is 1.50. The number of hydrogen-bond acceptors (Lipinski definition) is 5. The van der Waals surface area contributed by atoms with E-state index in [1.807, 2.05) is 6.07 Å². The Hall–Kier alpha value is -2.61. The van der Waals surface area contributed by atoms with E-state index in [0.717, 1.165) is 74.9 Å². The van der Waals surface area contributed by atoms with E-state index < -0.39 is 5.66 Å². The average molecular weight is 451 g/mol. The van der Waals surface area contributed by atoms with Gasteiger partial charge in [-0.25, -0.2) is 0 Å². The molecule has 0 saturated carbocycles. The van der Waals surface area contributed by atoms with Crippen molar-refractivity contribution in [1.29, 1.82) is 0 Å². The molecule has 2 aliphatic heterocycles. The molecular formula is C26H38N6O. The minimum atomic E-state index is -0.686. The Morgan fingerprint density at radius 2 is 1.91 bits per heavy atom. The standard InChI is InChI=1S/C26H38N6O/c1-31(2)15-7-14-28-25-29-24-11-10-22(33-3)18-23(24)26(27,30-25)21-12-16-32(17-13-21)19-20-8-5-4-6-9-20/h4-6,8-11,18,21H,7,12-17,19,27H2,1-3H3,(H2,28,29,30). The highest BCUT2D eigenvalue weighted by Crippen LogP contribution is 2.40. The molecule has 0 amide bonds. The second kappa shape index (κ2) is 10.5. The molecule has 7 nitrogen and oxygen atoms in total. The topological polar surface area (TPSA) is 78.2 Å². The molecule has 178 valence electrons. The summed E-state index contributed by atoms with van der Waals surface area (Å²) in [4.78, 5) is 9.51. The highest BCUT2D eigenvalue weighted by Gasteiger charge is 2.43. The molecule has 1 unspecified atom stereocenters. The van der Waals surface area contributed by atoms with Crippen molar-refractivity contribution in [3.63, 3.8) is 0 Å². The van der Waals surface area contributed by atoms with Crippen LogP contribution >= 0.6 is 0 Å². The van der Waals surface area contributed by atoms with Crippen molar-refractivity contribution < 1.29 is 4.74 Å². The van der Waals surface area contributed by atoms with Gasteiger partial charge in [0.05, 0.1) is 7.11 Å². The number of methoxy groups -OCH3 is 1. The Labute approximate surface area is 198 Å². The molecule has 2 aliphatic rings. The molecule has 4 rings (SSSR count). The first-order valence-electron chi connectivity index (χ1n) is 12.0. The Morgan fingerprint density at radius 3 is 2.61 bits per heavy atom. The van der Waals surface area contributed by atoms with Crippen molar-refractivity contribution in [1.82, 2.24) is 15.1 Å². The quantitative estimate of drug-likeness (QED) is 0.537. The molecule has 7 heteroatoms. The lowest BCUT2D eigenvalue weighted by Crippen LogP contribution is -2.63. The number of rotatable bonds is 8. The van der Waals surface area contributed by atoms with Crippen LogP contribution in [-0.2, 0) is 12.2 Å². The first-order valence-corrected chi connectivity index (χ1v) is 12.0. The van der Waals surface area contributed by atoms with Gasteiger partial charge >= 0.3 is 0 Å². The van der Waals surface area contributed by atoms with Gasteiger partial charge in [-0.05, 0) is 76.8 Å².